The molecule has 0 aromatic heterocycles. The number of hydrogen-bond acceptors (Lipinski definition) is 2. The van der Waals surface area contributed by atoms with Crippen molar-refractivity contribution in [3.63, 3.8) is 0 Å². The van der Waals surface area contributed by atoms with E-state index in [-0.39, 0.29) is 12.2 Å². The molecule has 0 radical (unpaired) electrons. The van der Waals surface area contributed by atoms with E-state index in [0.717, 1.165) is 6.42 Å². The summed E-state index contributed by atoms with van der Waals surface area (Å²) in [5.74, 6) is 1.68. The van der Waals surface area contributed by atoms with Crippen LogP contribution in [0.2, 0.25) is 0 Å². The van der Waals surface area contributed by atoms with Crippen LogP contribution in [0.5, 0.6) is 0 Å². The normalized spacial score (nSPS) is 37.6. The first-order valence-corrected chi connectivity index (χ1v) is 7.64. The average Bonchev–Trinajstić information content (AvgIpc) is 2.65. The third kappa shape index (κ3) is 2.42. The van der Waals surface area contributed by atoms with E-state index in [9.17, 15) is 4.79 Å². The van der Waals surface area contributed by atoms with Crippen molar-refractivity contribution in [1.29, 1.82) is 0 Å². The molecule has 1 heterocycles. The van der Waals surface area contributed by atoms with E-state index in [1.54, 1.807) is 0 Å². The van der Waals surface area contributed by atoms with E-state index in [2.05, 4.69) is 31.0 Å². The summed E-state index contributed by atoms with van der Waals surface area (Å²) in [4.78, 5) is 14.6. The van der Waals surface area contributed by atoms with Crippen molar-refractivity contribution < 1.29 is 4.79 Å². The van der Waals surface area contributed by atoms with Gasteiger partial charge in [-0.25, -0.2) is 0 Å². The molecule has 2 fully saturated rings. The molecule has 4 unspecified atom stereocenters. The molecule has 1 aliphatic carbocycles. The molecule has 104 valence electrons. The first-order valence-electron chi connectivity index (χ1n) is 7.64. The molecule has 3 heteroatoms. The lowest BCUT2D eigenvalue weighted by molar-refractivity contribution is -0.134. The van der Waals surface area contributed by atoms with Gasteiger partial charge in [-0.15, -0.1) is 0 Å². The van der Waals surface area contributed by atoms with Crippen LogP contribution in [0.4, 0.5) is 0 Å². The average molecular weight is 252 g/mol. The van der Waals surface area contributed by atoms with Crippen LogP contribution in [0.15, 0.2) is 0 Å². The zero-order chi connectivity index (χ0) is 13.3. The summed E-state index contributed by atoms with van der Waals surface area (Å²) in [5.41, 5.74) is 0. The minimum atomic E-state index is 0.00434. The molecule has 1 saturated heterocycles. The van der Waals surface area contributed by atoms with Crippen molar-refractivity contribution in [3.8, 4) is 0 Å². The Hall–Kier alpha value is -0.570. The van der Waals surface area contributed by atoms with Gasteiger partial charge in [0.1, 0.15) is 0 Å². The van der Waals surface area contributed by atoms with Crippen LogP contribution in [-0.4, -0.2) is 29.1 Å². The topological polar surface area (TPSA) is 32.3 Å². The third-order valence-corrected chi connectivity index (χ3v) is 4.78. The summed E-state index contributed by atoms with van der Waals surface area (Å²) < 4.78 is 0. The fourth-order valence-corrected chi connectivity index (χ4v) is 3.79. The Labute approximate surface area is 111 Å². The Balaban J connectivity index is 2.18. The molecular formula is C15H28N2O. The Morgan fingerprint density at radius 3 is 2.61 bits per heavy atom. The van der Waals surface area contributed by atoms with Crippen LogP contribution in [0, 0.1) is 11.8 Å². The fraction of sp³-hybridized carbons (Fsp3) is 0.933. The number of nitrogens with zero attached hydrogens (tertiary/aromatic N) is 1. The van der Waals surface area contributed by atoms with Crippen molar-refractivity contribution in [2.24, 2.45) is 11.8 Å². The van der Waals surface area contributed by atoms with Gasteiger partial charge < -0.3 is 4.90 Å². The molecule has 0 aromatic carbocycles. The molecule has 18 heavy (non-hydrogen) atoms. The van der Waals surface area contributed by atoms with Gasteiger partial charge in [0.05, 0.1) is 12.2 Å². The lowest BCUT2D eigenvalue weighted by Crippen LogP contribution is -2.50. The first-order chi connectivity index (χ1) is 8.56. The van der Waals surface area contributed by atoms with Gasteiger partial charge in [-0.05, 0) is 38.0 Å². The van der Waals surface area contributed by atoms with Crippen molar-refractivity contribution in [1.82, 2.24) is 10.2 Å². The Kier molecular flexibility index (Phi) is 4.31. The summed E-state index contributed by atoms with van der Waals surface area (Å²) in [5, 5.41) is 3.44. The van der Waals surface area contributed by atoms with Gasteiger partial charge in [0.15, 0.2) is 0 Å². The minimum absolute atomic E-state index is 0.00434. The zero-order valence-corrected chi connectivity index (χ0v) is 12.3. The minimum Gasteiger partial charge on any atom is -0.323 e. The third-order valence-electron chi connectivity index (χ3n) is 4.78. The molecule has 0 spiro atoms. The predicted molar refractivity (Wildman–Crippen MR) is 74.1 cm³/mol. The molecule has 1 amide bonds. The predicted octanol–water partition coefficient (Wildman–Crippen LogP) is 2.76. The van der Waals surface area contributed by atoms with Gasteiger partial charge in [0.2, 0.25) is 5.91 Å². The van der Waals surface area contributed by atoms with E-state index in [1.165, 1.54) is 25.7 Å². The maximum atomic E-state index is 12.4. The lowest BCUT2D eigenvalue weighted by atomic mass is 9.77. The fourth-order valence-electron chi connectivity index (χ4n) is 3.79. The maximum Gasteiger partial charge on any atom is 0.240 e. The van der Waals surface area contributed by atoms with Crippen LogP contribution in [0.1, 0.15) is 59.8 Å². The largest absolute Gasteiger partial charge is 0.323 e. The second kappa shape index (κ2) is 5.60. The highest BCUT2D eigenvalue weighted by Crippen LogP contribution is 2.36. The summed E-state index contributed by atoms with van der Waals surface area (Å²) in [7, 11) is 0. The lowest BCUT2D eigenvalue weighted by Gasteiger charge is -2.42. The summed E-state index contributed by atoms with van der Waals surface area (Å²) >= 11 is 0. The molecule has 3 nitrogen and oxygen atoms in total. The Morgan fingerprint density at radius 2 is 2.00 bits per heavy atom. The second-order valence-electron chi connectivity index (χ2n) is 6.32. The number of rotatable bonds is 3. The van der Waals surface area contributed by atoms with E-state index >= 15 is 0 Å². The molecule has 1 aliphatic heterocycles. The van der Waals surface area contributed by atoms with Gasteiger partial charge >= 0.3 is 0 Å². The van der Waals surface area contributed by atoms with Gasteiger partial charge in [0.25, 0.3) is 0 Å². The van der Waals surface area contributed by atoms with Gasteiger partial charge in [-0.1, -0.05) is 33.6 Å². The Morgan fingerprint density at radius 1 is 1.33 bits per heavy atom. The quantitative estimate of drug-likeness (QED) is 0.837. The van der Waals surface area contributed by atoms with E-state index in [4.69, 9.17) is 0 Å². The van der Waals surface area contributed by atoms with Crippen LogP contribution in [-0.2, 0) is 4.79 Å². The zero-order valence-electron chi connectivity index (χ0n) is 12.3. The van der Waals surface area contributed by atoms with Crippen molar-refractivity contribution in [2.75, 3.05) is 0 Å². The number of carbonyl (C=O) groups is 1. The maximum absolute atomic E-state index is 12.4. The molecule has 2 aliphatic rings. The van der Waals surface area contributed by atoms with E-state index in [1.807, 2.05) is 6.92 Å². The number of hydrogen-bond donors (Lipinski definition) is 1. The number of carbonyl (C=O) groups excluding carboxylic acids is 1. The molecule has 2 rings (SSSR count). The van der Waals surface area contributed by atoms with Gasteiger partial charge in [0, 0.05) is 6.04 Å². The summed E-state index contributed by atoms with van der Waals surface area (Å²) in [6.07, 6.45) is 6.37. The van der Waals surface area contributed by atoms with E-state index < -0.39 is 0 Å². The van der Waals surface area contributed by atoms with Crippen LogP contribution in [0.3, 0.4) is 0 Å². The molecule has 1 saturated carbocycles. The molecular weight excluding hydrogens is 224 g/mol. The monoisotopic (exact) mass is 252 g/mol. The molecule has 1 N–H and O–H groups in total. The highest BCUT2D eigenvalue weighted by molar-refractivity contribution is 5.84. The Bertz CT molecular complexity index is 303. The second-order valence-corrected chi connectivity index (χ2v) is 6.32. The summed E-state index contributed by atoms with van der Waals surface area (Å²) in [6.45, 7) is 8.78. The van der Waals surface area contributed by atoms with Crippen LogP contribution in [0.25, 0.3) is 0 Å². The number of nitrogens with one attached hydrogen (secondary N) is 1. The van der Waals surface area contributed by atoms with Gasteiger partial charge in [-0.3, -0.25) is 10.1 Å². The van der Waals surface area contributed by atoms with Crippen molar-refractivity contribution in [2.45, 2.75) is 78.0 Å². The van der Waals surface area contributed by atoms with Crippen molar-refractivity contribution in [3.05, 3.63) is 0 Å². The highest BCUT2D eigenvalue weighted by atomic mass is 16.2. The highest BCUT2D eigenvalue weighted by Gasteiger charge is 2.43. The smallest absolute Gasteiger partial charge is 0.240 e. The first kappa shape index (κ1) is 13.9. The van der Waals surface area contributed by atoms with E-state index in [0.29, 0.717) is 23.8 Å². The van der Waals surface area contributed by atoms with Gasteiger partial charge in [-0.2, -0.15) is 0 Å². The van der Waals surface area contributed by atoms with Crippen LogP contribution < -0.4 is 5.32 Å². The standard InChI is InChI=1S/C15H28N2O/c1-5-14-16-11(4)15(18)17(14)13-9-7-6-8-12(13)10(2)3/h10-14,16H,5-9H2,1-4H3. The number of amides is 1. The molecule has 0 aromatic rings. The van der Waals surface area contributed by atoms with Crippen molar-refractivity contribution >= 4 is 5.91 Å². The summed E-state index contributed by atoms with van der Waals surface area (Å²) in [6, 6.07) is 0.471. The molecule has 4 atom stereocenters. The SMILES string of the molecule is CCC1NC(C)C(=O)N1C1CCCCC1C(C)C. The molecule has 0 bridgehead atoms. The van der Waals surface area contributed by atoms with Crippen LogP contribution >= 0.6 is 0 Å².